The minimum Gasteiger partial charge on any atom is -0.490 e. The molecule has 0 atom stereocenters. The molecule has 2 heterocycles. The minimum absolute atomic E-state index is 0.200. The largest absolute Gasteiger partial charge is 0.490 e. The number of furan rings is 1. The van der Waals surface area contributed by atoms with Crippen LogP contribution < -0.4 is 24.4 Å². The van der Waals surface area contributed by atoms with Crippen LogP contribution in [-0.2, 0) is 6.42 Å². The molecule has 1 aromatic heterocycles. The summed E-state index contributed by atoms with van der Waals surface area (Å²) in [5.41, 5.74) is 2.78. The number of fused-ring (bicyclic) bond motifs is 1. The maximum absolute atomic E-state index is 13.2. The molecule has 0 saturated carbocycles. The van der Waals surface area contributed by atoms with E-state index >= 15 is 0 Å². The highest BCUT2D eigenvalue weighted by Gasteiger charge is 2.26. The summed E-state index contributed by atoms with van der Waals surface area (Å²) < 4.78 is 22.5. The van der Waals surface area contributed by atoms with Crippen molar-refractivity contribution in [3.63, 3.8) is 0 Å². The summed E-state index contributed by atoms with van der Waals surface area (Å²) in [7, 11) is 0. The molecule has 0 fully saturated rings. The highest BCUT2D eigenvalue weighted by molar-refractivity contribution is 6.07. The molecule has 4 rings (SSSR count). The molecule has 1 aliphatic rings. The summed E-state index contributed by atoms with van der Waals surface area (Å²) in [6.07, 6.45) is 3.20. The molecule has 184 valence electrons. The van der Waals surface area contributed by atoms with Crippen molar-refractivity contribution in [2.75, 3.05) is 36.6 Å². The Bertz CT molecular complexity index is 1160. The second kappa shape index (κ2) is 11.0. The van der Waals surface area contributed by atoms with Crippen molar-refractivity contribution in [3.8, 4) is 17.2 Å². The van der Waals surface area contributed by atoms with Crippen molar-refractivity contribution in [2.45, 2.75) is 33.6 Å². The molecule has 0 bridgehead atoms. The van der Waals surface area contributed by atoms with E-state index in [1.54, 1.807) is 29.2 Å². The van der Waals surface area contributed by atoms with E-state index in [2.05, 4.69) is 5.32 Å². The Morgan fingerprint density at radius 2 is 1.69 bits per heavy atom. The number of nitrogens with zero attached hydrogens (tertiary/aromatic N) is 1. The second-order valence-corrected chi connectivity index (χ2v) is 7.94. The molecular formula is C27H30N2O6. The van der Waals surface area contributed by atoms with Gasteiger partial charge in [0.15, 0.2) is 17.3 Å². The Morgan fingerprint density at radius 3 is 2.31 bits per heavy atom. The molecular weight excluding hydrogens is 448 g/mol. The van der Waals surface area contributed by atoms with E-state index in [1.165, 1.54) is 6.26 Å². The van der Waals surface area contributed by atoms with E-state index in [0.29, 0.717) is 54.9 Å². The molecule has 1 aliphatic heterocycles. The first-order valence-corrected chi connectivity index (χ1v) is 11.9. The van der Waals surface area contributed by atoms with Crippen molar-refractivity contribution >= 4 is 23.2 Å². The van der Waals surface area contributed by atoms with Crippen molar-refractivity contribution in [3.05, 3.63) is 65.6 Å². The van der Waals surface area contributed by atoms with E-state index in [0.717, 1.165) is 24.1 Å². The lowest BCUT2D eigenvalue weighted by atomic mass is 10.0. The summed E-state index contributed by atoms with van der Waals surface area (Å²) in [5, 5.41) is 2.94. The Morgan fingerprint density at radius 1 is 0.971 bits per heavy atom. The topological polar surface area (TPSA) is 90.2 Å². The third-order valence-corrected chi connectivity index (χ3v) is 5.61. The van der Waals surface area contributed by atoms with Crippen LogP contribution in [0.1, 0.15) is 53.7 Å². The van der Waals surface area contributed by atoms with Gasteiger partial charge in [-0.2, -0.15) is 0 Å². The highest BCUT2D eigenvalue weighted by Crippen LogP contribution is 2.39. The molecule has 8 nitrogen and oxygen atoms in total. The fraction of sp³-hybridized carbons (Fsp3) is 0.333. The molecule has 0 aliphatic carbocycles. The van der Waals surface area contributed by atoms with Gasteiger partial charge in [-0.1, -0.05) is 6.07 Å². The fourth-order valence-corrected chi connectivity index (χ4v) is 4.12. The number of anilines is 2. The molecule has 35 heavy (non-hydrogen) atoms. The summed E-state index contributed by atoms with van der Waals surface area (Å²) in [6.45, 7) is 7.47. The Balaban J connectivity index is 1.62. The number of ether oxygens (including phenoxy) is 3. The van der Waals surface area contributed by atoms with Crippen LogP contribution >= 0.6 is 0 Å². The molecule has 2 amide bonds. The Labute approximate surface area is 204 Å². The molecule has 2 aromatic carbocycles. The normalized spacial score (nSPS) is 12.6. The number of hydrogen-bond acceptors (Lipinski definition) is 6. The standard InChI is InChI=1S/C27H30N2O6/c1-4-32-23-15-19(16-24(33-5-2)25(23)34-6-3)26(30)28-20-12-11-18-9-7-13-29(21(18)17-20)27(31)22-10-8-14-35-22/h8,10-12,14-17H,4-7,9,13H2,1-3H3,(H,28,30). The second-order valence-electron chi connectivity index (χ2n) is 7.94. The molecule has 0 unspecified atom stereocenters. The van der Waals surface area contributed by atoms with Crippen LogP contribution in [0.4, 0.5) is 11.4 Å². The number of aryl methyl sites for hydroxylation is 1. The van der Waals surface area contributed by atoms with E-state index in [-0.39, 0.29) is 17.6 Å². The first kappa shape index (κ1) is 24.2. The highest BCUT2D eigenvalue weighted by atomic mass is 16.5. The SMILES string of the molecule is CCOc1cc(C(=O)Nc2ccc3c(c2)N(C(=O)c2ccco2)CCC3)cc(OCC)c1OCC. The smallest absolute Gasteiger partial charge is 0.293 e. The van der Waals surface area contributed by atoms with Gasteiger partial charge in [0.25, 0.3) is 11.8 Å². The maximum atomic E-state index is 13.2. The predicted molar refractivity (Wildman–Crippen MR) is 133 cm³/mol. The summed E-state index contributed by atoms with van der Waals surface area (Å²) >= 11 is 0. The van der Waals surface area contributed by atoms with E-state index in [9.17, 15) is 9.59 Å². The third-order valence-electron chi connectivity index (χ3n) is 5.61. The lowest BCUT2D eigenvalue weighted by Crippen LogP contribution is -2.35. The summed E-state index contributed by atoms with van der Waals surface area (Å²) in [5.74, 6) is 1.14. The van der Waals surface area contributed by atoms with Gasteiger partial charge in [-0.3, -0.25) is 9.59 Å². The maximum Gasteiger partial charge on any atom is 0.293 e. The number of rotatable bonds is 9. The number of benzene rings is 2. The lowest BCUT2D eigenvalue weighted by Gasteiger charge is -2.29. The van der Waals surface area contributed by atoms with Gasteiger partial charge in [0.2, 0.25) is 5.75 Å². The van der Waals surface area contributed by atoms with E-state index in [1.807, 2.05) is 39.0 Å². The van der Waals surface area contributed by atoms with Crippen LogP contribution in [0.2, 0.25) is 0 Å². The number of nitrogens with one attached hydrogen (secondary N) is 1. The van der Waals surface area contributed by atoms with Gasteiger partial charge in [-0.05, 0) is 75.6 Å². The first-order chi connectivity index (χ1) is 17.0. The molecule has 1 N–H and O–H groups in total. The van der Waals surface area contributed by atoms with E-state index < -0.39 is 0 Å². The predicted octanol–water partition coefficient (Wildman–Crippen LogP) is 5.32. The zero-order valence-electron chi connectivity index (χ0n) is 20.3. The van der Waals surface area contributed by atoms with Crippen molar-refractivity contribution in [1.29, 1.82) is 0 Å². The summed E-state index contributed by atoms with van der Waals surface area (Å²) in [6, 6.07) is 12.3. The number of carbonyl (C=O) groups excluding carboxylic acids is 2. The average Bonchev–Trinajstić information content (AvgIpc) is 3.40. The average molecular weight is 479 g/mol. The van der Waals surface area contributed by atoms with Crippen molar-refractivity contribution in [1.82, 2.24) is 0 Å². The van der Waals surface area contributed by atoms with Gasteiger partial charge in [-0.25, -0.2) is 0 Å². The van der Waals surface area contributed by atoms with Crippen LogP contribution in [-0.4, -0.2) is 38.2 Å². The van der Waals surface area contributed by atoms with Gasteiger partial charge >= 0.3 is 0 Å². The van der Waals surface area contributed by atoms with Crippen LogP contribution in [0, 0.1) is 0 Å². The van der Waals surface area contributed by atoms with E-state index in [4.69, 9.17) is 18.6 Å². The number of carbonyl (C=O) groups is 2. The number of hydrogen-bond donors (Lipinski definition) is 1. The zero-order valence-corrected chi connectivity index (χ0v) is 20.3. The monoisotopic (exact) mass is 478 g/mol. The van der Waals surface area contributed by atoms with Gasteiger partial charge in [0.05, 0.1) is 26.1 Å². The van der Waals surface area contributed by atoms with Crippen LogP contribution in [0.15, 0.2) is 53.1 Å². The molecule has 8 heteroatoms. The molecule has 0 spiro atoms. The first-order valence-electron chi connectivity index (χ1n) is 11.9. The minimum atomic E-state index is -0.324. The third kappa shape index (κ3) is 5.26. The van der Waals surface area contributed by atoms with Crippen LogP contribution in [0.3, 0.4) is 0 Å². The van der Waals surface area contributed by atoms with Crippen molar-refractivity contribution in [2.24, 2.45) is 0 Å². The molecule has 3 aromatic rings. The summed E-state index contributed by atoms with van der Waals surface area (Å²) in [4.78, 5) is 27.9. The molecule has 0 saturated heterocycles. The van der Waals surface area contributed by atoms with Crippen LogP contribution in [0.5, 0.6) is 17.2 Å². The Kier molecular flexibility index (Phi) is 7.60. The van der Waals surface area contributed by atoms with Crippen LogP contribution in [0.25, 0.3) is 0 Å². The fourth-order valence-electron chi connectivity index (χ4n) is 4.12. The number of amides is 2. The Hall–Kier alpha value is -3.94. The van der Waals surface area contributed by atoms with Crippen molar-refractivity contribution < 1.29 is 28.2 Å². The van der Waals surface area contributed by atoms with Gasteiger partial charge < -0.3 is 28.8 Å². The van der Waals surface area contributed by atoms with Gasteiger partial charge in [0, 0.05) is 23.5 Å². The quantitative estimate of drug-likeness (QED) is 0.448. The van der Waals surface area contributed by atoms with Gasteiger partial charge in [-0.15, -0.1) is 0 Å². The molecule has 0 radical (unpaired) electrons. The zero-order chi connectivity index (χ0) is 24.8. The lowest BCUT2D eigenvalue weighted by molar-refractivity contribution is 0.0958. The van der Waals surface area contributed by atoms with Gasteiger partial charge in [0.1, 0.15) is 0 Å².